The minimum atomic E-state index is -0.570. The number of H-pyrrole nitrogens is 1. The average Bonchev–Trinajstić information content (AvgIpc) is 2.63. The predicted octanol–water partition coefficient (Wildman–Crippen LogP) is 0.226. The molecule has 2 aromatic heterocycles. The van der Waals surface area contributed by atoms with Crippen molar-refractivity contribution in [2.45, 2.75) is 19.9 Å². The summed E-state index contributed by atoms with van der Waals surface area (Å²) in [7, 11) is 1.80. The van der Waals surface area contributed by atoms with Crippen molar-refractivity contribution >= 4 is 21.6 Å². The van der Waals surface area contributed by atoms with E-state index in [9.17, 15) is 9.59 Å². The SMILES string of the molecule is CCc1nn(C)c(Cn2cc(N)c(=O)[nH]c2=O)c1Br. The van der Waals surface area contributed by atoms with Gasteiger partial charge in [0.2, 0.25) is 0 Å². The highest BCUT2D eigenvalue weighted by atomic mass is 79.9. The molecule has 0 aliphatic heterocycles. The smallest absolute Gasteiger partial charge is 0.328 e. The first-order valence-electron chi connectivity index (χ1n) is 5.73. The van der Waals surface area contributed by atoms with Crippen LogP contribution in [0.5, 0.6) is 0 Å². The summed E-state index contributed by atoms with van der Waals surface area (Å²) >= 11 is 3.48. The van der Waals surface area contributed by atoms with Crippen molar-refractivity contribution in [2.75, 3.05) is 5.73 Å². The van der Waals surface area contributed by atoms with Crippen molar-refractivity contribution in [1.29, 1.82) is 0 Å². The van der Waals surface area contributed by atoms with Crippen LogP contribution in [0.3, 0.4) is 0 Å². The Hall–Kier alpha value is -1.83. The molecule has 0 bridgehead atoms. The highest BCUT2D eigenvalue weighted by Crippen LogP contribution is 2.21. The molecule has 0 aromatic carbocycles. The van der Waals surface area contributed by atoms with Crippen LogP contribution < -0.4 is 17.0 Å². The van der Waals surface area contributed by atoms with E-state index >= 15 is 0 Å². The monoisotopic (exact) mass is 327 g/mol. The second-order valence-corrected chi connectivity index (χ2v) is 4.95. The summed E-state index contributed by atoms with van der Waals surface area (Å²) in [5, 5.41) is 4.35. The molecular formula is C11H14BrN5O2. The van der Waals surface area contributed by atoms with Gasteiger partial charge in [-0.2, -0.15) is 5.10 Å². The van der Waals surface area contributed by atoms with Crippen molar-refractivity contribution in [3.8, 4) is 0 Å². The molecule has 19 heavy (non-hydrogen) atoms. The van der Waals surface area contributed by atoms with Gasteiger partial charge in [0.15, 0.2) is 0 Å². The van der Waals surface area contributed by atoms with Gasteiger partial charge in [0.05, 0.1) is 22.4 Å². The molecular weight excluding hydrogens is 314 g/mol. The molecule has 0 fully saturated rings. The molecule has 2 rings (SSSR count). The Labute approximate surface area is 117 Å². The Morgan fingerprint density at radius 1 is 1.47 bits per heavy atom. The molecule has 0 radical (unpaired) electrons. The van der Waals surface area contributed by atoms with Crippen molar-refractivity contribution in [1.82, 2.24) is 19.3 Å². The van der Waals surface area contributed by atoms with Crippen molar-refractivity contribution in [3.05, 3.63) is 42.9 Å². The topological polar surface area (TPSA) is 98.7 Å². The van der Waals surface area contributed by atoms with Gasteiger partial charge in [0, 0.05) is 13.2 Å². The fourth-order valence-electron chi connectivity index (χ4n) is 1.80. The lowest BCUT2D eigenvalue weighted by Crippen LogP contribution is -2.31. The summed E-state index contributed by atoms with van der Waals surface area (Å²) < 4.78 is 3.92. The molecule has 0 amide bonds. The molecule has 0 saturated carbocycles. The fourth-order valence-corrected chi connectivity index (χ4v) is 2.54. The zero-order valence-corrected chi connectivity index (χ0v) is 12.2. The lowest BCUT2D eigenvalue weighted by atomic mass is 10.3. The van der Waals surface area contributed by atoms with Crippen LogP contribution in [0.15, 0.2) is 20.3 Å². The molecule has 0 spiro atoms. The number of nitrogens with one attached hydrogen (secondary N) is 1. The normalized spacial score (nSPS) is 10.9. The number of halogens is 1. The minimum Gasteiger partial charge on any atom is -0.393 e. The number of aryl methyl sites for hydroxylation is 2. The highest BCUT2D eigenvalue weighted by Gasteiger charge is 2.13. The van der Waals surface area contributed by atoms with Crippen molar-refractivity contribution in [3.63, 3.8) is 0 Å². The van der Waals surface area contributed by atoms with E-state index in [1.807, 2.05) is 6.92 Å². The Morgan fingerprint density at radius 3 is 2.74 bits per heavy atom. The molecule has 0 unspecified atom stereocenters. The minimum absolute atomic E-state index is 0.00797. The third kappa shape index (κ3) is 2.48. The summed E-state index contributed by atoms with van der Waals surface area (Å²) in [5.74, 6) is 0. The zero-order valence-electron chi connectivity index (χ0n) is 10.6. The van der Waals surface area contributed by atoms with E-state index in [2.05, 4.69) is 26.0 Å². The predicted molar refractivity (Wildman–Crippen MR) is 75.1 cm³/mol. The summed E-state index contributed by atoms with van der Waals surface area (Å²) in [6, 6.07) is 0. The van der Waals surface area contributed by atoms with Crippen LogP contribution >= 0.6 is 15.9 Å². The summed E-state index contributed by atoms with van der Waals surface area (Å²) in [6.45, 7) is 2.28. The lowest BCUT2D eigenvalue weighted by molar-refractivity contribution is 0.636. The first-order chi connectivity index (χ1) is 8.93. The van der Waals surface area contributed by atoms with E-state index in [1.54, 1.807) is 11.7 Å². The average molecular weight is 328 g/mol. The van der Waals surface area contributed by atoms with Crippen LogP contribution in [0.2, 0.25) is 0 Å². The van der Waals surface area contributed by atoms with Crippen molar-refractivity contribution in [2.24, 2.45) is 7.05 Å². The maximum Gasteiger partial charge on any atom is 0.328 e. The Balaban J connectivity index is 2.48. The van der Waals surface area contributed by atoms with Gasteiger partial charge < -0.3 is 5.73 Å². The highest BCUT2D eigenvalue weighted by molar-refractivity contribution is 9.10. The molecule has 3 N–H and O–H groups in total. The summed E-state index contributed by atoms with van der Waals surface area (Å²) in [6.07, 6.45) is 2.13. The van der Waals surface area contributed by atoms with Gasteiger partial charge in [0.25, 0.3) is 5.56 Å². The van der Waals surface area contributed by atoms with Gasteiger partial charge >= 0.3 is 5.69 Å². The molecule has 2 aromatic rings. The molecule has 0 saturated heterocycles. The second-order valence-electron chi connectivity index (χ2n) is 4.16. The zero-order chi connectivity index (χ0) is 14.2. The van der Waals surface area contributed by atoms with Crippen LogP contribution in [-0.2, 0) is 20.0 Å². The quantitative estimate of drug-likeness (QED) is 0.842. The maximum absolute atomic E-state index is 11.7. The van der Waals surface area contributed by atoms with E-state index in [4.69, 9.17) is 5.73 Å². The van der Waals surface area contributed by atoms with Crippen LogP contribution in [0.1, 0.15) is 18.3 Å². The van der Waals surface area contributed by atoms with Crippen LogP contribution in [0, 0.1) is 0 Å². The Bertz CT molecular complexity index is 728. The number of nitrogen functional groups attached to an aromatic ring is 1. The number of anilines is 1. The molecule has 8 heteroatoms. The number of hydrogen-bond donors (Lipinski definition) is 2. The number of aromatic nitrogens is 4. The largest absolute Gasteiger partial charge is 0.393 e. The van der Waals surface area contributed by atoms with Crippen molar-refractivity contribution < 1.29 is 0 Å². The third-order valence-corrected chi connectivity index (χ3v) is 3.78. The number of nitrogens with zero attached hydrogens (tertiary/aromatic N) is 3. The Morgan fingerprint density at radius 2 is 2.16 bits per heavy atom. The Kier molecular flexibility index (Phi) is 3.61. The van der Waals surface area contributed by atoms with Gasteiger partial charge in [-0.05, 0) is 22.4 Å². The van der Waals surface area contributed by atoms with E-state index in [0.29, 0.717) is 0 Å². The van der Waals surface area contributed by atoms with Gasteiger partial charge in [-0.25, -0.2) is 4.79 Å². The first kappa shape index (κ1) is 13.6. The molecule has 0 aliphatic carbocycles. The number of hydrogen-bond acceptors (Lipinski definition) is 4. The van der Waals surface area contributed by atoms with E-state index in [-0.39, 0.29) is 12.2 Å². The van der Waals surface area contributed by atoms with Gasteiger partial charge in [-0.15, -0.1) is 0 Å². The second kappa shape index (κ2) is 5.04. The van der Waals surface area contributed by atoms with Crippen LogP contribution in [-0.4, -0.2) is 19.3 Å². The maximum atomic E-state index is 11.7. The molecule has 0 atom stereocenters. The molecule has 2 heterocycles. The standard InChI is InChI=1S/C11H14BrN5O2/c1-3-7-9(12)8(16(2)15-7)5-17-4-6(13)10(18)14-11(17)19/h4H,3,5,13H2,1-2H3,(H,14,18,19). The first-order valence-corrected chi connectivity index (χ1v) is 6.52. The van der Waals surface area contributed by atoms with E-state index < -0.39 is 11.2 Å². The molecule has 7 nitrogen and oxygen atoms in total. The lowest BCUT2D eigenvalue weighted by Gasteiger charge is -2.06. The summed E-state index contributed by atoms with van der Waals surface area (Å²) in [4.78, 5) is 25.1. The third-order valence-electron chi connectivity index (χ3n) is 2.86. The van der Waals surface area contributed by atoms with Crippen LogP contribution in [0.25, 0.3) is 0 Å². The number of rotatable bonds is 3. The van der Waals surface area contributed by atoms with Gasteiger partial charge in [-0.3, -0.25) is 19.0 Å². The number of aromatic amines is 1. The fraction of sp³-hybridized carbons (Fsp3) is 0.364. The van der Waals surface area contributed by atoms with E-state index in [0.717, 1.165) is 22.3 Å². The van der Waals surface area contributed by atoms with Gasteiger partial charge in [-0.1, -0.05) is 6.92 Å². The van der Waals surface area contributed by atoms with Crippen LogP contribution in [0.4, 0.5) is 5.69 Å². The number of nitrogens with two attached hydrogens (primary N) is 1. The summed E-state index contributed by atoms with van der Waals surface area (Å²) in [5.41, 5.74) is 6.21. The van der Waals surface area contributed by atoms with E-state index in [1.165, 1.54) is 10.8 Å². The molecule has 0 aliphatic rings. The van der Waals surface area contributed by atoms with Gasteiger partial charge in [0.1, 0.15) is 5.69 Å². The molecule has 102 valence electrons.